The van der Waals surface area contributed by atoms with Crippen LogP contribution in [-0.2, 0) is 10.3 Å². The Morgan fingerprint density at radius 2 is 1.77 bits per heavy atom. The molecule has 1 saturated heterocycles. The number of thioether (sulfide) groups is 1. The van der Waals surface area contributed by atoms with Crippen molar-refractivity contribution in [2.24, 2.45) is 0 Å². The number of carbonyl (C=O) groups excluding carboxylic acids is 2. The molecule has 0 unspecified atom stereocenters. The van der Waals surface area contributed by atoms with Gasteiger partial charge < -0.3 is 5.32 Å². The van der Waals surface area contributed by atoms with Crippen molar-refractivity contribution in [1.82, 2.24) is 10.2 Å². The summed E-state index contributed by atoms with van der Waals surface area (Å²) in [6.07, 6.45) is 0.347. The molecular weight excluding hydrogens is 358 g/mol. The Labute approximate surface area is 154 Å². The lowest BCUT2D eigenvalue weighted by molar-refractivity contribution is -0.131. The van der Waals surface area contributed by atoms with Gasteiger partial charge in [0.25, 0.3) is 5.91 Å². The van der Waals surface area contributed by atoms with Crippen LogP contribution in [0.5, 0.6) is 0 Å². The average molecular weight is 376 g/mol. The van der Waals surface area contributed by atoms with Crippen molar-refractivity contribution in [2.45, 2.75) is 23.8 Å². The average Bonchev–Trinajstić information content (AvgIpc) is 2.89. The maximum absolute atomic E-state index is 13.7. The maximum atomic E-state index is 13.7. The molecule has 1 atom stereocenters. The predicted molar refractivity (Wildman–Crippen MR) is 95.7 cm³/mol. The summed E-state index contributed by atoms with van der Waals surface area (Å²) in [5, 5.41) is 2.74. The molecule has 7 heteroatoms. The van der Waals surface area contributed by atoms with Crippen molar-refractivity contribution in [1.29, 1.82) is 0 Å². The van der Waals surface area contributed by atoms with Gasteiger partial charge in [-0.1, -0.05) is 31.2 Å². The Kier molecular flexibility index (Phi) is 5.27. The molecule has 4 nitrogen and oxygen atoms in total. The molecule has 0 aromatic heterocycles. The number of urea groups is 1. The zero-order chi connectivity index (χ0) is 18.7. The first-order valence-corrected chi connectivity index (χ1v) is 9.24. The van der Waals surface area contributed by atoms with Gasteiger partial charge in [-0.25, -0.2) is 13.6 Å². The summed E-state index contributed by atoms with van der Waals surface area (Å²) >= 11 is 1.24. The van der Waals surface area contributed by atoms with Crippen LogP contribution in [0.1, 0.15) is 18.9 Å². The number of amides is 3. The molecule has 26 heavy (non-hydrogen) atoms. The summed E-state index contributed by atoms with van der Waals surface area (Å²) in [5.74, 6) is -0.729. The topological polar surface area (TPSA) is 49.4 Å². The summed E-state index contributed by atoms with van der Waals surface area (Å²) in [7, 11) is 0. The molecule has 136 valence electrons. The van der Waals surface area contributed by atoms with Gasteiger partial charge in [-0.15, -0.1) is 11.8 Å². The van der Waals surface area contributed by atoms with Crippen LogP contribution >= 0.6 is 11.8 Å². The number of benzene rings is 2. The first-order chi connectivity index (χ1) is 12.5. The molecular formula is C19H18F2N2O2S. The molecule has 2 aromatic carbocycles. The van der Waals surface area contributed by atoms with Crippen LogP contribution < -0.4 is 5.32 Å². The minimum absolute atomic E-state index is 0.159. The van der Waals surface area contributed by atoms with Crippen LogP contribution in [0.2, 0.25) is 0 Å². The predicted octanol–water partition coefficient (Wildman–Crippen LogP) is 3.91. The number of hydrogen-bond acceptors (Lipinski definition) is 3. The number of nitrogens with zero attached hydrogens (tertiary/aromatic N) is 1. The summed E-state index contributed by atoms with van der Waals surface area (Å²) in [6, 6.07) is 11.4. The van der Waals surface area contributed by atoms with E-state index in [2.05, 4.69) is 5.32 Å². The van der Waals surface area contributed by atoms with Gasteiger partial charge >= 0.3 is 6.03 Å². The molecule has 0 radical (unpaired) electrons. The normalized spacial score (nSPS) is 19.7. The SMILES string of the molecule is CC[C@]1(c2ccc(F)cc2)NC(=O)N(CCSc2ccccc2F)C1=O. The van der Waals surface area contributed by atoms with E-state index in [0.717, 1.165) is 4.90 Å². The highest BCUT2D eigenvalue weighted by atomic mass is 32.2. The quantitative estimate of drug-likeness (QED) is 0.614. The van der Waals surface area contributed by atoms with Gasteiger partial charge in [0.2, 0.25) is 0 Å². The van der Waals surface area contributed by atoms with Gasteiger partial charge in [-0.2, -0.15) is 0 Å². The molecule has 3 amide bonds. The molecule has 1 N–H and O–H groups in total. The fourth-order valence-corrected chi connectivity index (χ4v) is 3.89. The van der Waals surface area contributed by atoms with E-state index < -0.39 is 17.4 Å². The van der Waals surface area contributed by atoms with E-state index in [9.17, 15) is 18.4 Å². The first kappa shape index (κ1) is 18.4. The number of imide groups is 1. The van der Waals surface area contributed by atoms with Crippen molar-refractivity contribution in [3.63, 3.8) is 0 Å². The molecule has 1 aliphatic rings. The van der Waals surface area contributed by atoms with Crippen molar-refractivity contribution in [2.75, 3.05) is 12.3 Å². The highest BCUT2D eigenvalue weighted by Gasteiger charge is 2.50. The third-order valence-electron chi connectivity index (χ3n) is 4.45. The smallest absolute Gasteiger partial charge is 0.319 e. The van der Waals surface area contributed by atoms with E-state index in [-0.39, 0.29) is 18.3 Å². The molecule has 2 aromatic rings. The van der Waals surface area contributed by atoms with Gasteiger partial charge in [0.15, 0.2) is 0 Å². The molecule has 0 saturated carbocycles. The highest BCUT2D eigenvalue weighted by molar-refractivity contribution is 7.99. The lowest BCUT2D eigenvalue weighted by Gasteiger charge is -2.25. The van der Waals surface area contributed by atoms with Crippen molar-refractivity contribution in [3.05, 3.63) is 65.7 Å². The summed E-state index contributed by atoms with van der Waals surface area (Å²) in [6.45, 7) is 1.95. The second-order valence-electron chi connectivity index (χ2n) is 5.93. The summed E-state index contributed by atoms with van der Waals surface area (Å²) in [4.78, 5) is 26.9. The maximum Gasteiger partial charge on any atom is 0.325 e. The third-order valence-corrected chi connectivity index (χ3v) is 5.48. The van der Waals surface area contributed by atoms with Crippen LogP contribution in [0.4, 0.5) is 13.6 Å². The van der Waals surface area contributed by atoms with E-state index in [1.807, 2.05) is 0 Å². The Hall–Kier alpha value is -2.41. The van der Waals surface area contributed by atoms with E-state index in [0.29, 0.717) is 22.6 Å². The summed E-state index contributed by atoms with van der Waals surface area (Å²) < 4.78 is 26.9. The van der Waals surface area contributed by atoms with Crippen LogP contribution in [-0.4, -0.2) is 29.1 Å². The molecule has 0 bridgehead atoms. The van der Waals surface area contributed by atoms with Gasteiger partial charge in [0.1, 0.15) is 17.2 Å². The highest BCUT2D eigenvalue weighted by Crippen LogP contribution is 2.33. The monoisotopic (exact) mass is 376 g/mol. The van der Waals surface area contributed by atoms with Gasteiger partial charge in [-0.05, 0) is 36.2 Å². The second-order valence-corrected chi connectivity index (χ2v) is 7.07. The molecule has 3 rings (SSSR count). The standard InChI is InChI=1S/C19H18F2N2O2S/c1-2-19(13-7-9-14(20)10-8-13)17(24)23(18(25)22-19)11-12-26-16-6-4-3-5-15(16)21/h3-10H,2,11-12H2,1H3,(H,22,25)/t19-/m1/s1. The lowest BCUT2D eigenvalue weighted by Crippen LogP contribution is -2.43. The Morgan fingerprint density at radius 3 is 2.42 bits per heavy atom. The van der Waals surface area contributed by atoms with Crippen LogP contribution in [0, 0.1) is 11.6 Å². The number of carbonyl (C=O) groups is 2. The van der Waals surface area contributed by atoms with E-state index in [4.69, 9.17) is 0 Å². The van der Waals surface area contributed by atoms with Gasteiger partial charge in [-0.3, -0.25) is 9.69 Å². The Balaban J connectivity index is 1.73. The minimum atomic E-state index is -1.19. The fraction of sp³-hybridized carbons (Fsp3) is 0.263. The second kappa shape index (κ2) is 7.45. The van der Waals surface area contributed by atoms with Crippen LogP contribution in [0.3, 0.4) is 0 Å². The number of rotatable bonds is 6. The fourth-order valence-electron chi connectivity index (χ4n) is 3.01. The minimum Gasteiger partial charge on any atom is -0.319 e. The first-order valence-electron chi connectivity index (χ1n) is 8.25. The van der Waals surface area contributed by atoms with E-state index in [1.165, 1.54) is 42.1 Å². The lowest BCUT2D eigenvalue weighted by atomic mass is 9.87. The molecule has 1 aliphatic heterocycles. The van der Waals surface area contributed by atoms with Crippen LogP contribution in [0.25, 0.3) is 0 Å². The van der Waals surface area contributed by atoms with Crippen molar-refractivity contribution < 1.29 is 18.4 Å². The van der Waals surface area contributed by atoms with E-state index in [1.54, 1.807) is 25.1 Å². The Bertz CT molecular complexity index is 829. The van der Waals surface area contributed by atoms with E-state index >= 15 is 0 Å². The molecule has 1 heterocycles. The van der Waals surface area contributed by atoms with Crippen molar-refractivity contribution in [3.8, 4) is 0 Å². The number of halogens is 2. The number of nitrogens with one attached hydrogen (secondary N) is 1. The number of hydrogen-bond donors (Lipinski definition) is 1. The largest absolute Gasteiger partial charge is 0.325 e. The van der Waals surface area contributed by atoms with Crippen molar-refractivity contribution >= 4 is 23.7 Å². The molecule has 0 spiro atoms. The van der Waals surface area contributed by atoms with Gasteiger partial charge in [0.05, 0.1) is 0 Å². The Morgan fingerprint density at radius 1 is 1.08 bits per heavy atom. The zero-order valence-electron chi connectivity index (χ0n) is 14.2. The molecule has 1 fully saturated rings. The zero-order valence-corrected chi connectivity index (χ0v) is 15.0. The van der Waals surface area contributed by atoms with Crippen LogP contribution in [0.15, 0.2) is 53.4 Å². The molecule has 0 aliphatic carbocycles. The van der Waals surface area contributed by atoms with Gasteiger partial charge in [0, 0.05) is 17.2 Å². The third kappa shape index (κ3) is 3.31. The summed E-state index contributed by atoms with van der Waals surface area (Å²) in [5.41, 5.74) is -0.642.